The number of aryl methyl sites for hydroxylation is 1. The van der Waals surface area contributed by atoms with Gasteiger partial charge in [-0.05, 0) is 106 Å². The van der Waals surface area contributed by atoms with Crippen LogP contribution in [0.4, 0.5) is 4.39 Å². The van der Waals surface area contributed by atoms with Gasteiger partial charge in [-0.25, -0.2) is 4.39 Å². The number of rotatable bonds is 6. The SMILES string of the molecule is CN(CCCC(=O)c1ccc(F)cc1)C1CCC2(CCc3ccccc3C2)CC1. The number of Topliss-reactive ketones (excluding diaryl/α,β-unsaturated/α-hetero) is 1. The lowest BCUT2D eigenvalue weighted by molar-refractivity contribution is 0.0875. The van der Waals surface area contributed by atoms with Crippen LogP contribution in [-0.2, 0) is 12.8 Å². The normalized spacial score (nSPS) is 23.9. The first kappa shape index (κ1) is 20.3. The van der Waals surface area contributed by atoms with E-state index in [2.05, 4.69) is 36.2 Å². The fourth-order valence-corrected chi connectivity index (χ4v) is 5.40. The molecule has 4 rings (SSSR count). The third kappa shape index (κ3) is 4.78. The minimum atomic E-state index is -0.294. The first-order valence-corrected chi connectivity index (χ1v) is 11.1. The maximum Gasteiger partial charge on any atom is 0.162 e. The molecule has 3 heteroatoms. The molecule has 0 unspecified atom stereocenters. The smallest absolute Gasteiger partial charge is 0.162 e. The molecule has 0 radical (unpaired) electrons. The molecule has 29 heavy (non-hydrogen) atoms. The lowest BCUT2D eigenvalue weighted by Gasteiger charge is -2.45. The molecular weight excluding hydrogens is 361 g/mol. The summed E-state index contributed by atoms with van der Waals surface area (Å²) in [5.74, 6) is -0.181. The van der Waals surface area contributed by atoms with Gasteiger partial charge in [0.25, 0.3) is 0 Å². The zero-order chi connectivity index (χ0) is 20.3. The van der Waals surface area contributed by atoms with Crippen molar-refractivity contribution in [2.24, 2.45) is 5.41 Å². The maximum atomic E-state index is 13.0. The zero-order valence-corrected chi connectivity index (χ0v) is 17.5. The minimum absolute atomic E-state index is 0.113. The summed E-state index contributed by atoms with van der Waals surface area (Å²) in [4.78, 5) is 14.7. The van der Waals surface area contributed by atoms with E-state index in [4.69, 9.17) is 0 Å². The Labute approximate surface area is 174 Å². The molecule has 154 valence electrons. The van der Waals surface area contributed by atoms with E-state index in [1.807, 2.05) is 0 Å². The van der Waals surface area contributed by atoms with Gasteiger partial charge in [-0.3, -0.25) is 4.79 Å². The summed E-state index contributed by atoms with van der Waals surface area (Å²) in [7, 11) is 2.21. The van der Waals surface area contributed by atoms with Gasteiger partial charge in [-0.2, -0.15) is 0 Å². The Bertz CT molecular complexity index is 836. The average molecular weight is 394 g/mol. The van der Waals surface area contributed by atoms with Gasteiger partial charge in [0.2, 0.25) is 0 Å². The highest BCUT2D eigenvalue weighted by molar-refractivity contribution is 5.95. The standard InChI is InChI=1S/C26H32FNO/c1-28(18-4-7-25(29)21-8-10-23(27)11-9-21)24-13-16-26(17-14-24)15-12-20-5-2-3-6-22(20)19-26/h2-3,5-6,8-11,24H,4,7,12-19H2,1H3. The number of nitrogens with zero attached hydrogens (tertiary/aromatic N) is 1. The molecule has 0 aromatic heterocycles. The highest BCUT2D eigenvalue weighted by atomic mass is 19.1. The summed E-state index contributed by atoms with van der Waals surface area (Å²) in [5, 5.41) is 0. The first-order chi connectivity index (χ1) is 14.0. The van der Waals surface area contributed by atoms with Crippen molar-refractivity contribution in [3.8, 4) is 0 Å². The molecule has 0 heterocycles. The Balaban J connectivity index is 1.23. The maximum absolute atomic E-state index is 13.0. The number of benzene rings is 2. The summed E-state index contributed by atoms with van der Waals surface area (Å²) in [6, 6.07) is 15.5. The van der Waals surface area contributed by atoms with E-state index in [1.165, 1.54) is 57.1 Å². The van der Waals surface area contributed by atoms with Gasteiger partial charge in [0.05, 0.1) is 0 Å². The van der Waals surface area contributed by atoms with E-state index in [0.29, 0.717) is 23.4 Å². The van der Waals surface area contributed by atoms with Gasteiger partial charge in [0.1, 0.15) is 5.82 Å². The molecule has 2 nitrogen and oxygen atoms in total. The first-order valence-electron chi connectivity index (χ1n) is 11.1. The molecule has 0 atom stereocenters. The second-order valence-corrected chi connectivity index (χ2v) is 9.19. The molecule has 1 saturated carbocycles. The van der Waals surface area contributed by atoms with Crippen molar-refractivity contribution in [1.82, 2.24) is 4.90 Å². The van der Waals surface area contributed by atoms with Crippen LogP contribution in [0.25, 0.3) is 0 Å². The molecule has 1 fully saturated rings. The number of fused-ring (bicyclic) bond motifs is 1. The summed E-state index contributed by atoms with van der Waals surface area (Å²) in [6.07, 6.45) is 10.4. The molecule has 0 saturated heterocycles. The van der Waals surface area contributed by atoms with Crippen LogP contribution in [0.1, 0.15) is 66.4 Å². The topological polar surface area (TPSA) is 20.3 Å². The van der Waals surface area contributed by atoms with E-state index < -0.39 is 0 Å². The van der Waals surface area contributed by atoms with E-state index in [9.17, 15) is 9.18 Å². The van der Waals surface area contributed by atoms with Crippen molar-refractivity contribution < 1.29 is 9.18 Å². The summed E-state index contributed by atoms with van der Waals surface area (Å²) in [6.45, 7) is 0.952. The monoisotopic (exact) mass is 393 g/mol. The fourth-order valence-electron chi connectivity index (χ4n) is 5.40. The van der Waals surface area contributed by atoms with Crippen molar-refractivity contribution in [2.45, 2.75) is 63.8 Å². The number of halogens is 1. The van der Waals surface area contributed by atoms with Crippen molar-refractivity contribution in [1.29, 1.82) is 0 Å². The fraction of sp³-hybridized carbons (Fsp3) is 0.500. The largest absolute Gasteiger partial charge is 0.303 e. The Morgan fingerprint density at radius 1 is 1.03 bits per heavy atom. The van der Waals surface area contributed by atoms with Crippen LogP contribution in [0.5, 0.6) is 0 Å². The molecule has 0 aliphatic heterocycles. The lowest BCUT2D eigenvalue weighted by atomic mass is 9.63. The van der Waals surface area contributed by atoms with Crippen LogP contribution in [0.2, 0.25) is 0 Å². The molecule has 2 aliphatic rings. The quantitative estimate of drug-likeness (QED) is 0.575. The Hall–Kier alpha value is -2.00. The van der Waals surface area contributed by atoms with Crippen LogP contribution >= 0.6 is 0 Å². The number of carbonyl (C=O) groups excluding carboxylic acids is 1. The number of hydrogen-bond acceptors (Lipinski definition) is 2. The van der Waals surface area contributed by atoms with Gasteiger partial charge in [-0.15, -0.1) is 0 Å². The van der Waals surface area contributed by atoms with Crippen LogP contribution in [-0.4, -0.2) is 30.3 Å². The molecule has 1 spiro atoms. The summed E-state index contributed by atoms with van der Waals surface area (Å²) < 4.78 is 13.0. The molecule has 0 bridgehead atoms. The minimum Gasteiger partial charge on any atom is -0.303 e. The van der Waals surface area contributed by atoms with Gasteiger partial charge < -0.3 is 4.90 Å². The predicted octanol–water partition coefficient (Wildman–Crippen LogP) is 5.84. The average Bonchev–Trinajstić information content (AvgIpc) is 2.74. The van der Waals surface area contributed by atoms with Gasteiger partial charge in [0, 0.05) is 18.0 Å². The van der Waals surface area contributed by atoms with Gasteiger partial charge in [-0.1, -0.05) is 24.3 Å². The van der Waals surface area contributed by atoms with Crippen LogP contribution in [0.3, 0.4) is 0 Å². The van der Waals surface area contributed by atoms with E-state index in [-0.39, 0.29) is 11.6 Å². The summed E-state index contributed by atoms with van der Waals surface area (Å²) in [5.41, 5.74) is 4.27. The molecule has 2 aliphatic carbocycles. The Morgan fingerprint density at radius 3 is 2.45 bits per heavy atom. The zero-order valence-electron chi connectivity index (χ0n) is 17.5. The van der Waals surface area contributed by atoms with E-state index in [0.717, 1.165) is 13.0 Å². The van der Waals surface area contributed by atoms with Crippen molar-refractivity contribution in [3.05, 3.63) is 71.0 Å². The Morgan fingerprint density at radius 2 is 1.72 bits per heavy atom. The van der Waals surface area contributed by atoms with Crippen molar-refractivity contribution in [3.63, 3.8) is 0 Å². The van der Waals surface area contributed by atoms with Crippen molar-refractivity contribution >= 4 is 5.78 Å². The molecule has 2 aromatic rings. The second kappa shape index (κ2) is 8.79. The molecule has 2 aromatic carbocycles. The lowest BCUT2D eigenvalue weighted by Crippen LogP contribution is -2.41. The number of hydrogen-bond donors (Lipinski definition) is 0. The van der Waals surface area contributed by atoms with Crippen molar-refractivity contribution in [2.75, 3.05) is 13.6 Å². The third-order valence-corrected chi connectivity index (χ3v) is 7.33. The second-order valence-electron chi connectivity index (χ2n) is 9.19. The van der Waals surface area contributed by atoms with Crippen LogP contribution < -0.4 is 0 Å². The Kier molecular flexibility index (Phi) is 6.15. The molecule has 0 N–H and O–H groups in total. The van der Waals surface area contributed by atoms with Gasteiger partial charge >= 0.3 is 0 Å². The number of ketones is 1. The molecular formula is C26H32FNO. The number of carbonyl (C=O) groups is 1. The third-order valence-electron chi connectivity index (χ3n) is 7.33. The summed E-state index contributed by atoms with van der Waals surface area (Å²) >= 11 is 0. The van der Waals surface area contributed by atoms with E-state index in [1.54, 1.807) is 23.3 Å². The van der Waals surface area contributed by atoms with Crippen LogP contribution in [0, 0.1) is 11.2 Å². The highest BCUT2D eigenvalue weighted by Gasteiger charge is 2.38. The van der Waals surface area contributed by atoms with Gasteiger partial charge in [0.15, 0.2) is 5.78 Å². The van der Waals surface area contributed by atoms with Crippen LogP contribution in [0.15, 0.2) is 48.5 Å². The highest BCUT2D eigenvalue weighted by Crippen LogP contribution is 2.47. The predicted molar refractivity (Wildman–Crippen MR) is 116 cm³/mol. The molecule has 0 amide bonds. The van der Waals surface area contributed by atoms with E-state index >= 15 is 0 Å².